The molecule has 3 aromatic carbocycles. The average molecular weight is 537 g/mol. The van der Waals surface area contributed by atoms with Crippen molar-refractivity contribution in [1.82, 2.24) is 9.97 Å². The van der Waals surface area contributed by atoms with Crippen molar-refractivity contribution in [2.75, 3.05) is 17.7 Å². The molecule has 0 atom stereocenters. The van der Waals surface area contributed by atoms with E-state index in [0.717, 1.165) is 22.2 Å². The summed E-state index contributed by atoms with van der Waals surface area (Å²) in [5.74, 6) is 0.690. The van der Waals surface area contributed by atoms with Gasteiger partial charge in [0.25, 0.3) is 0 Å². The van der Waals surface area contributed by atoms with Gasteiger partial charge in [-0.1, -0.05) is 0 Å². The van der Waals surface area contributed by atoms with Crippen LogP contribution in [0.3, 0.4) is 0 Å². The van der Waals surface area contributed by atoms with E-state index >= 15 is 0 Å². The number of anilines is 2. The van der Waals surface area contributed by atoms with Crippen molar-refractivity contribution in [3.8, 4) is 28.5 Å². The molecule has 2 amide bonds. The lowest BCUT2D eigenvalue weighted by Crippen LogP contribution is -2.35. The average Bonchev–Trinajstić information content (AvgIpc) is 3.62. The number of rotatable bonds is 8. The largest absolute Gasteiger partial charge is 0.496 e. The topological polar surface area (TPSA) is 105 Å². The molecule has 1 aliphatic carbocycles. The van der Waals surface area contributed by atoms with Crippen LogP contribution < -0.4 is 20.1 Å². The molecule has 0 spiro atoms. The Hall–Kier alpha value is -5.18. The summed E-state index contributed by atoms with van der Waals surface area (Å²) >= 11 is 0. The second kappa shape index (κ2) is 10.2. The van der Waals surface area contributed by atoms with E-state index in [1.165, 1.54) is 24.3 Å². The molecule has 40 heavy (non-hydrogen) atoms. The lowest BCUT2D eigenvalue weighted by molar-refractivity contribution is -0.131. The molecule has 0 radical (unpaired) electrons. The summed E-state index contributed by atoms with van der Waals surface area (Å²) in [6.45, 7) is 0. The van der Waals surface area contributed by atoms with Gasteiger partial charge in [0.05, 0.1) is 12.6 Å². The minimum atomic E-state index is -1.14. The first-order chi connectivity index (χ1) is 19.4. The van der Waals surface area contributed by atoms with E-state index in [2.05, 4.69) is 20.6 Å². The van der Waals surface area contributed by atoms with E-state index < -0.39 is 17.1 Å². The summed E-state index contributed by atoms with van der Waals surface area (Å²) in [6, 6.07) is 21.9. The number of nitrogens with zero attached hydrogens (tertiary/aromatic N) is 1. The van der Waals surface area contributed by atoms with Crippen LogP contribution in [0, 0.1) is 11.2 Å². The van der Waals surface area contributed by atoms with E-state index in [-0.39, 0.29) is 5.91 Å². The second-order valence-electron chi connectivity index (χ2n) is 9.59. The van der Waals surface area contributed by atoms with Gasteiger partial charge >= 0.3 is 0 Å². The minimum Gasteiger partial charge on any atom is -0.496 e. The SMILES string of the molecule is COc1cc2nccc(Oc3ccc(NC(=O)C4(C(=O)Nc5ccc(F)cc5)CC4)cc3)c2cc1-c1ccc[nH]1. The van der Waals surface area contributed by atoms with E-state index in [0.29, 0.717) is 41.5 Å². The van der Waals surface area contributed by atoms with Crippen molar-refractivity contribution < 1.29 is 23.5 Å². The number of fused-ring (bicyclic) bond motifs is 1. The highest BCUT2D eigenvalue weighted by Gasteiger charge is 2.56. The molecule has 3 N–H and O–H groups in total. The Kier molecular flexibility index (Phi) is 6.39. The van der Waals surface area contributed by atoms with E-state index in [1.54, 1.807) is 43.6 Å². The zero-order chi connectivity index (χ0) is 27.7. The lowest BCUT2D eigenvalue weighted by atomic mass is 10.0. The van der Waals surface area contributed by atoms with Crippen molar-refractivity contribution in [1.29, 1.82) is 0 Å². The Morgan fingerprint density at radius 2 is 1.57 bits per heavy atom. The predicted octanol–water partition coefficient (Wildman–Crippen LogP) is 6.53. The van der Waals surface area contributed by atoms with Gasteiger partial charge in [0, 0.05) is 46.5 Å². The fourth-order valence-corrected chi connectivity index (χ4v) is 4.56. The Bertz CT molecular complexity index is 1700. The van der Waals surface area contributed by atoms with Crippen LogP contribution in [-0.4, -0.2) is 28.9 Å². The molecule has 2 heterocycles. The fraction of sp³-hybridized carbons (Fsp3) is 0.129. The standard InChI is InChI=1S/C31H25FN4O4/c1-39-28-18-26-24(17-23(28)25-3-2-15-33-25)27(12-16-34-26)40-22-10-8-21(9-11-22)36-30(38)31(13-14-31)29(37)35-20-6-4-19(32)5-7-20/h2-12,15-18,33H,13-14H2,1H3,(H,35,37)(H,36,38). The first kappa shape index (κ1) is 25.1. The van der Waals surface area contributed by atoms with Crippen LogP contribution in [0.2, 0.25) is 0 Å². The molecule has 6 rings (SSSR count). The third kappa shape index (κ3) is 4.84. The van der Waals surface area contributed by atoms with Crippen LogP contribution in [0.4, 0.5) is 15.8 Å². The van der Waals surface area contributed by atoms with Crippen LogP contribution in [0.25, 0.3) is 22.2 Å². The number of aromatic amines is 1. The van der Waals surface area contributed by atoms with Crippen molar-refractivity contribution in [3.05, 3.63) is 97.1 Å². The van der Waals surface area contributed by atoms with Crippen LogP contribution in [0.5, 0.6) is 17.2 Å². The number of carbonyl (C=O) groups is 2. The van der Waals surface area contributed by atoms with Crippen molar-refractivity contribution >= 4 is 34.1 Å². The summed E-state index contributed by atoms with van der Waals surface area (Å²) in [5, 5.41) is 6.36. The first-order valence-electron chi connectivity index (χ1n) is 12.7. The molecule has 0 unspecified atom stereocenters. The summed E-state index contributed by atoms with van der Waals surface area (Å²) < 4.78 is 24.9. The van der Waals surface area contributed by atoms with Gasteiger partial charge < -0.3 is 25.1 Å². The summed E-state index contributed by atoms with van der Waals surface area (Å²) in [7, 11) is 1.62. The van der Waals surface area contributed by atoms with Crippen LogP contribution in [-0.2, 0) is 9.59 Å². The third-order valence-electron chi connectivity index (χ3n) is 6.97. The van der Waals surface area contributed by atoms with Gasteiger partial charge in [-0.25, -0.2) is 4.39 Å². The van der Waals surface area contributed by atoms with Crippen molar-refractivity contribution in [2.45, 2.75) is 12.8 Å². The van der Waals surface area contributed by atoms with E-state index in [4.69, 9.17) is 9.47 Å². The zero-order valence-electron chi connectivity index (χ0n) is 21.5. The number of hydrogen-bond donors (Lipinski definition) is 3. The van der Waals surface area contributed by atoms with E-state index in [1.807, 2.05) is 30.5 Å². The molecule has 2 aromatic heterocycles. The van der Waals surface area contributed by atoms with Gasteiger partial charge in [-0.2, -0.15) is 0 Å². The molecule has 9 heteroatoms. The fourth-order valence-electron chi connectivity index (χ4n) is 4.56. The number of nitrogens with one attached hydrogen (secondary N) is 3. The molecule has 8 nitrogen and oxygen atoms in total. The second-order valence-corrected chi connectivity index (χ2v) is 9.59. The highest BCUT2D eigenvalue weighted by Crippen LogP contribution is 2.47. The Labute approximate surface area is 229 Å². The van der Waals surface area contributed by atoms with Gasteiger partial charge in [0.2, 0.25) is 11.8 Å². The number of hydrogen-bond acceptors (Lipinski definition) is 5. The molecule has 200 valence electrons. The van der Waals surface area contributed by atoms with Crippen molar-refractivity contribution in [2.24, 2.45) is 5.41 Å². The zero-order valence-corrected chi connectivity index (χ0v) is 21.5. The molecule has 0 saturated heterocycles. The number of methoxy groups -OCH3 is 1. The smallest absolute Gasteiger partial charge is 0.240 e. The van der Waals surface area contributed by atoms with Crippen molar-refractivity contribution in [3.63, 3.8) is 0 Å². The number of H-pyrrole nitrogens is 1. The molecule has 1 saturated carbocycles. The normalized spacial score (nSPS) is 13.4. The van der Waals surface area contributed by atoms with E-state index in [9.17, 15) is 14.0 Å². The van der Waals surface area contributed by atoms with Gasteiger partial charge in [-0.15, -0.1) is 0 Å². The highest BCUT2D eigenvalue weighted by molar-refractivity contribution is 6.16. The molecular formula is C31H25FN4O4. The summed E-state index contributed by atoms with van der Waals surface area (Å²) in [6.07, 6.45) is 4.41. The molecule has 1 fully saturated rings. The molecule has 0 bridgehead atoms. The Morgan fingerprint density at radius 3 is 2.17 bits per heavy atom. The number of carbonyl (C=O) groups excluding carboxylic acids is 2. The quantitative estimate of drug-likeness (QED) is 0.196. The van der Waals surface area contributed by atoms with Crippen LogP contribution in [0.1, 0.15) is 12.8 Å². The maximum absolute atomic E-state index is 13.2. The molecule has 0 aliphatic heterocycles. The lowest BCUT2D eigenvalue weighted by Gasteiger charge is -2.16. The van der Waals surface area contributed by atoms with Crippen LogP contribution in [0.15, 0.2) is 91.3 Å². The number of halogens is 1. The molecular weight excluding hydrogens is 511 g/mol. The maximum Gasteiger partial charge on any atom is 0.240 e. The number of aromatic nitrogens is 2. The Morgan fingerprint density at radius 1 is 0.900 bits per heavy atom. The predicted molar refractivity (Wildman–Crippen MR) is 150 cm³/mol. The third-order valence-corrected chi connectivity index (χ3v) is 6.97. The van der Waals surface area contributed by atoms with Gasteiger partial charge in [0.15, 0.2) is 0 Å². The Balaban J connectivity index is 1.17. The van der Waals surface area contributed by atoms with Gasteiger partial charge in [0.1, 0.15) is 28.5 Å². The van der Waals surface area contributed by atoms with Crippen LogP contribution >= 0.6 is 0 Å². The number of amides is 2. The maximum atomic E-state index is 13.2. The monoisotopic (exact) mass is 536 g/mol. The summed E-state index contributed by atoms with van der Waals surface area (Å²) in [5.41, 5.74) is 2.35. The summed E-state index contributed by atoms with van der Waals surface area (Å²) in [4.78, 5) is 33.5. The first-order valence-corrected chi connectivity index (χ1v) is 12.7. The highest BCUT2D eigenvalue weighted by atomic mass is 19.1. The number of benzene rings is 3. The van der Waals surface area contributed by atoms with Gasteiger partial charge in [-0.05, 0) is 85.6 Å². The minimum absolute atomic E-state index is 0.383. The van der Waals surface area contributed by atoms with Gasteiger partial charge in [-0.3, -0.25) is 14.6 Å². The number of ether oxygens (including phenoxy) is 2. The molecule has 1 aliphatic rings. The number of pyridine rings is 1. The molecule has 5 aromatic rings.